The number of nitrogen functional groups attached to an aromatic ring is 2. The number of Topliss-reactive ketones (excluding diaryl/α,β-unsaturated/α-hetero) is 1. The van der Waals surface area contributed by atoms with Gasteiger partial charge in [-0.05, 0) is 164 Å². The molecule has 0 heterocycles. The lowest BCUT2D eigenvalue weighted by Crippen LogP contribution is -2.11. The van der Waals surface area contributed by atoms with Crippen molar-refractivity contribution in [1.82, 2.24) is 0 Å². The van der Waals surface area contributed by atoms with E-state index in [0.29, 0.717) is 22.3 Å². The first kappa shape index (κ1) is 46.6. The van der Waals surface area contributed by atoms with E-state index in [4.69, 9.17) is 34.7 Å². The zero-order valence-corrected chi connectivity index (χ0v) is 34.8. The minimum Gasteiger partial charge on any atom is -0.399 e. The van der Waals surface area contributed by atoms with E-state index in [1.54, 1.807) is 67.4 Å². The van der Waals surface area contributed by atoms with E-state index in [1.807, 2.05) is 92.0 Å². The fraction of sp³-hybridized carbons (Fsp3) is 0.0698. The summed E-state index contributed by atoms with van der Waals surface area (Å²) >= 11 is 10.4. The van der Waals surface area contributed by atoms with Gasteiger partial charge in [0.05, 0.1) is 0 Å². The van der Waals surface area contributed by atoms with Crippen LogP contribution >= 0.6 is 66.4 Å². The summed E-state index contributed by atoms with van der Waals surface area (Å²) in [6.07, 6.45) is 0. The van der Waals surface area contributed by atoms with Gasteiger partial charge in [0.1, 0.15) is 0 Å². The van der Waals surface area contributed by atoms with Crippen LogP contribution in [0.25, 0.3) is 0 Å². The topological polar surface area (TPSA) is 144 Å². The highest BCUT2D eigenvalue weighted by molar-refractivity contribution is 8.77. The van der Waals surface area contributed by atoms with Crippen LogP contribution in [0.1, 0.15) is 55.8 Å². The number of rotatable bonds is 12. The molecule has 6 aromatic carbocycles. The van der Waals surface area contributed by atoms with Crippen molar-refractivity contribution in [3.63, 3.8) is 0 Å². The Balaban J connectivity index is 0.000000253. The number of amides is 1. The van der Waals surface area contributed by atoms with E-state index in [0.717, 1.165) is 27.6 Å². The van der Waals surface area contributed by atoms with Gasteiger partial charge in [-0.1, -0.05) is 62.7 Å². The first-order valence-electron chi connectivity index (χ1n) is 16.6. The third kappa shape index (κ3) is 16.3. The molecule has 0 saturated heterocycles. The largest absolute Gasteiger partial charge is 0.399 e. The van der Waals surface area contributed by atoms with Gasteiger partial charge in [0.25, 0.3) is 16.4 Å². The number of anilines is 4. The SMILES string of the molecule is C.CNc1ccc(SSc2ccc(NC(=O)c3ccc(C(C)=O)cc3)cc2)cc1.Nc1ccc(SSc2ccc(N)cc2)cc1.O=C(Cl)c1ccc(C(=O)Cl)cc1. The third-order valence-corrected chi connectivity index (χ3v) is 12.6. The molecule has 6 rings (SSSR count). The smallest absolute Gasteiger partial charge is 0.255 e. The van der Waals surface area contributed by atoms with Crippen molar-refractivity contribution < 1.29 is 19.2 Å². The Morgan fingerprint density at radius 1 is 0.456 bits per heavy atom. The molecule has 0 spiro atoms. The van der Waals surface area contributed by atoms with Crippen molar-refractivity contribution in [2.24, 2.45) is 0 Å². The Morgan fingerprint density at radius 3 is 1.07 bits per heavy atom. The number of nitrogens with two attached hydrogens (primary N) is 2. The predicted octanol–water partition coefficient (Wildman–Crippen LogP) is 12.7. The van der Waals surface area contributed by atoms with Crippen molar-refractivity contribution in [2.75, 3.05) is 29.1 Å². The molecule has 6 N–H and O–H groups in total. The van der Waals surface area contributed by atoms with E-state index < -0.39 is 10.5 Å². The highest BCUT2D eigenvalue weighted by atomic mass is 35.5. The summed E-state index contributed by atoms with van der Waals surface area (Å²) in [5, 5.41) is 4.87. The molecule has 8 nitrogen and oxygen atoms in total. The number of carbonyl (C=O) groups excluding carboxylic acids is 4. The van der Waals surface area contributed by atoms with Crippen LogP contribution in [0.3, 0.4) is 0 Å². The lowest BCUT2D eigenvalue weighted by Gasteiger charge is -2.07. The number of hydrogen-bond acceptors (Lipinski definition) is 11. The molecule has 0 aliphatic heterocycles. The molecule has 0 bridgehead atoms. The maximum atomic E-state index is 12.3. The summed E-state index contributed by atoms with van der Waals surface area (Å²) in [7, 11) is 8.67. The first-order chi connectivity index (χ1) is 26.9. The average Bonchev–Trinajstić information content (AvgIpc) is 3.21. The zero-order chi connectivity index (χ0) is 40.5. The minimum atomic E-state index is -0.552. The fourth-order valence-corrected chi connectivity index (χ4v) is 8.42. The van der Waals surface area contributed by atoms with Crippen LogP contribution in [0.2, 0.25) is 0 Å². The third-order valence-electron chi connectivity index (χ3n) is 7.38. The summed E-state index contributed by atoms with van der Waals surface area (Å²) in [6, 6.07) is 44.1. The maximum Gasteiger partial charge on any atom is 0.255 e. The molecule has 6 aromatic rings. The second-order valence-corrected chi connectivity index (χ2v) is 16.7. The lowest BCUT2D eigenvalue weighted by molar-refractivity contribution is 0.100. The highest BCUT2D eigenvalue weighted by Gasteiger charge is 2.08. The molecule has 0 aliphatic rings. The van der Waals surface area contributed by atoms with Gasteiger partial charge < -0.3 is 22.1 Å². The van der Waals surface area contributed by atoms with Crippen LogP contribution in [-0.4, -0.2) is 29.2 Å². The van der Waals surface area contributed by atoms with Crippen LogP contribution in [0.4, 0.5) is 22.7 Å². The number of halogens is 2. The molecule has 0 radical (unpaired) electrons. The number of benzene rings is 6. The Hall–Kier alpha value is -4.82. The van der Waals surface area contributed by atoms with Crippen molar-refractivity contribution in [1.29, 1.82) is 0 Å². The van der Waals surface area contributed by atoms with E-state index in [-0.39, 0.29) is 19.1 Å². The molecule has 1 amide bonds. The van der Waals surface area contributed by atoms with E-state index >= 15 is 0 Å². The highest BCUT2D eigenvalue weighted by Crippen LogP contribution is 2.39. The van der Waals surface area contributed by atoms with Gasteiger partial charge in [0.15, 0.2) is 5.78 Å². The maximum absolute atomic E-state index is 12.3. The number of hydrogen-bond donors (Lipinski definition) is 4. The van der Waals surface area contributed by atoms with Gasteiger partial charge in [0, 0.05) is 71.6 Å². The van der Waals surface area contributed by atoms with Crippen LogP contribution < -0.4 is 22.1 Å². The number of carbonyl (C=O) groups is 4. The van der Waals surface area contributed by atoms with Crippen molar-refractivity contribution in [3.8, 4) is 0 Å². The lowest BCUT2D eigenvalue weighted by atomic mass is 10.1. The van der Waals surface area contributed by atoms with Gasteiger partial charge in [0.2, 0.25) is 0 Å². The summed E-state index contributed by atoms with van der Waals surface area (Å²) in [6.45, 7) is 1.50. The second kappa shape index (κ2) is 24.1. The fourth-order valence-electron chi connectivity index (χ4n) is 4.30. The minimum absolute atomic E-state index is 0. The summed E-state index contributed by atoms with van der Waals surface area (Å²) in [5.74, 6) is -0.217. The summed E-state index contributed by atoms with van der Waals surface area (Å²) in [4.78, 5) is 49.5. The molecule has 57 heavy (non-hydrogen) atoms. The Bertz CT molecular complexity index is 2130. The molecule has 294 valence electrons. The quantitative estimate of drug-likeness (QED) is 0.0403. The van der Waals surface area contributed by atoms with E-state index in [2.05, 4.69) is 22.8 Å². The standard InChI is InChI=1S/C22H20N2O2S2.C12H12N2S2.C8H4Cl2O2.CH4/c1-15(25)16-3-5-17(6-4-16)22(26)24-19-9-13-21(14-10-19)28-27-20-11-7-18(23-2)8-12-20;13-9-1-5-11(6-2-9)15-16-12-7-3-10(14)4-8-12;9-7(11)5-1-2-6(4-3-5)8(10)12;/h3-14,23H,1-2H3,(H,24,26);1-8H,13-14H2;1-4H;1H4. The molecule has 0 atom stereocenters. The molecule has 0 saturated carbocycles. The van der Waals surface area contributed by atoms with Gasteiger partial charge >= 0.3 is 0 Å². The van der Waals surface area contributed by atoms with Gasteiger partial charge in [-0.2, -0.15) is 0 Å². The van der Waals surface area contributed by atoms with Crippen LogP contribution in [-0.2, 0) is 0 Å². The van der Waals surface area contributed by atoms with Crippen LogP contribution in [0, 0.1) is 0 Å². The summed E-state index contributed by atoms with van der Waals surface area (Å²) < 4.78 is 0. The van der Waals surface area contributed by atoms with Crippen molar-refractivity contribution in [3.05, 3.63) is 168 Å². The van der Waals surface area contributed by atoms with Crippen LogP contribution in [0.15, 0.2) is 165 Å². The molecule has 0 aromatic heterocycles. The second-order valence-electron chi connectivity index (χ2n) is 11.5. The Labute approximate surface area is 359 Å². The molecule has 0 fully saturated rings. The Morgan fingerprint density at radius 2 is 0.754 bits per heavy atom. The molecular weight excluding hydrogens is 836 g/mol. The Kier molecular flexibility index (Phi) is 19.7. The van der Waals surface area contributed by atoms with Gasteiger partial charge in [-0.25, -0.2) is 0 Å². The summed E-state index contributed by atoms with van der Waals surface area (Å²) in [5.41, 5.74) is 16.4. The van der Waals surface area contributed by atoms with Crippen molar-refractivity contribution in [2.45, 2.75) is 33.9 Å². The van der Waals surface area contributed by atoms with Gasteiger partial charge in [-0.3, -0.25) is 19.2 Å². The normalized spacial score (nSPS) is 9.96. The van der Waals surface area contributed by atoms with E-state index in [1.165, 1.54) is 45.9 Å². The van der Waals surface area contributed by atoms with E-state index in [9.17, 15) is 19.2 Å². The van der Waals surface area contributed by atoms with Gasteiger partial charge in [-0.15, -0.1) is 0 Å². The molecule has 14 heteroatoms. The molecular formula is C43H40Cl2N4O4S4. The van der Waals surface area contributed by atoms with Crippen LogP contribution in [0.5, 0.6) is 0 Å². The zero-order valence-electron chi connectivity index (χ0n) is 30.0. The van der Waals surface area contributed by atoms with Crippen molar-refractivity contribution >= 4 is 111 Å². The average molecular weight is 876 g/mol. The number of ketones is 1. The molecule has 0 aliphatic carbocycles. The monoisotopic (exact) mass is 874 g/mol. The predicted molar refractivity (Wildman–Crippen MR) is 246 cm³/mol. The molecule has 0 unspecified atom stereocenters. The first-order valence-corrected chi connectivity index (χ1v) is 21.7. The number of nitrogens with one attached hydrogen (secondary N) is 2.